The van der Waals surface area contributed by atoms with Gasteiger partial charge in [0.2, 0.25) is 10.0 Å². The number of nitro groups is 1. The molecule has 10 heteroatoms. The van der Waals surface area contributed by atoms with Crippen molar-refractivity contribution in [2.75, 3.05) is 18.5 Å². The molecule has 1 N–H and O–H groups in total. The Morgan fingerprint density at radius 2 is 1.54 bits per heavy atom. The van der Waals surface area contributed by atoms with E-state index in [-0.39, 0.29) is 29.4 Å². The Morgan fingerprint density at radius 1 is 0.902 bits per heavy atom. The van der Waals surface area contributed by atoms with Gasteiger partial charge in [0, 0.05) is 35.8 Å². The standard InChI is InChI=1S/C31H29N5O4S/c1-3-34(4-2)41(39,40)25-19-20-28(30(21-25)36(37)38)33-32-22-27-26-17-11-12-18-29(26)35(24-15-9-6-10-16-24)31(27)23-13-7-5-8-14-23/h5-22,33H,3-4H2,1-2H3. The highest BCUT2D eigenvalue weighted by Gasteiger charge is 2.26. The van der Waals surface area contributed by atoms with Crippen LogP contribution in [-0.4, -0.2) is 41.5 Å². The molecule has 0 spiro atoms. The maximum absolute atomic E-state index is 12.9. The van der Waals surface area contributed by atoms with Gasteiger partial charge in [-0.2, -0.15) is 9.41 Å². The lowest BCUT2D eigenvalue weighted by Gasteiger charge is -2.18. The zero-order valence-corrected chi connectivity index (χ0v) is 23.5. The van der Waals surface area contributed by atoms with Gasteiger partial charge >= 0.3 is 0 Å². The molecular formula is C31H29N5O4S. The lowest BCUT2D eigenvalue weighted by atomic mass is 10.1. The van der Waals surface area contributed by atoms with Gasteiger partial charge in [-0.05, 0) is 35.9 Å². The Morgan fingerprint density at radius 3 is 2.20 bits per heavy atom. The van der Waals surface area contributed by atoms with Crippen LogP contribution in [0, 0.1) is 10.1 Å². The van der Waals surface area contributed by atoms with Crippen molar-refractivity contribution in [2.45, 2.75) is 18.7 Å². The molecule has 0 saturated carbocycles. The first-order valence-electron chi connectivity index (χ1n) is 13.2. The molecule has 0 radical (unpaired) electrons. The van der Waals surface area contributed by atoms with Crippen molar-refractivity contribution in [1.29, 1.82) is 0 Å². The lowest BCUT2D eigenvalue weighted by molar-refractivity contribution is -0.384. The van der Waals surface area contributed by atoms with Crippen molar-refractivity contribution in [3.63, 3.8) is 0 Å². The van der Waals surface area contributed by atoms with Crippen LogP contribution in [0.2, 0.25) is 0 Å². The van der Waals surface area contributed by atoms with Gasteiger partial charge in [-0.3, -0.25) is 15.5 Å². The predicted molar refractivity (Wildman–Crippen MR) is 163 cm³/mol. The number of nitrogens with zero attached hydrogens (tertiary/aromatic N) is 4. The van der Waals surface area contributed by atoms with Crippen LogP contribution in [0.25, 0.3) is 27.8 Å². The third kappa shape index (κ3) is 5.34. The summed E-state index contributed by atoms with van der Waals surface area (Å²) >= 11 is 0. The van der Waals surface area contributed by atoms with E-state index in [1.807, 2.05) is 84.9 Å². The average molecular weight is 568 g/mol. The fraction of sp³-hybridized carbons (Fsp3) is 0.129. The summed E-state index contributed by atoms with van der Waals surface area (Å²) in [5.41, 5.74) is 7.16. The summed E-state index contributed by atoms with van der Waals surface area (Å²) in [6, 6.07) is 31.7. The van der Waals surface area contributed by atoms with E-state index in [1.54, 1.807) is 20.1 Å². The highest BCUT2D eigenvalue weighted by Crippen LogP contribution is 2.36. The van der Waals surface area contributed by atoms with Crippen LogP contribution in [0.3, 0.4) is 0 Å². The highest BCUT2D eigenvalue weighted by atomic mass is 32.2. The van der Waals surface area contributed by atoms with Gasteiger partial charge in [0.05, 0.1) is 27.2 Å². The third-order valence-corrected chi connectivity index (χ3v) is 8.91. The first-order valence-corrected chi connectivity index (χ1v) is 14.6. The average Bonchev–Trinajstić information content (AvgIpc) is 3.32. The fourth-order valence-corrected chi connectivity index (χ4v) is 6.40. The van der Waals surface area contributed by atoms with Gasteiger partial charge in [0.15, 0.2) is 0 Å². The molecule has 208 valence electrons. The molecule has 41 heavy (non-hydrogen) atoms. The van der Waals surface area contributed by atoms with Crippen LogP contribution >= 0.6 is 0 Å². The number of aromatic nitrogens is 1. The number of anilines is 1. The van der Waals surface area contributed by atoms with Crippen LogP contribution in [0.4, 0.5) is 11.4 Å². The topological polar surface area (TPSA) is 110 Å². The van der Waals surface area contributed by atoms with E-state index >= 15 is 0 Å². The molecule has 0 aliphatic heterocycles. The number of para-hydroxylation sites is 2. The molecule has 9 nitrogen and oxygen atoms in total. The van der Waals surface area contributed by atoms with E-state index in [9.17, 15) is 18.5 Å². The van der Waals surface area contributed by atoms with Crippen LogP contribution < -0.4 is 5.43 Å². The van der Waals surface area contributed by atoms with Crippen molar-refractivity contribution < 1.29 is 13.3 Å². The Kier molecular flexibility index (Phi) is 7.95. The smallest absolute Gasteiger partial charge is 0.295 e. The van der Waals surface area contributed by atoms with Crippen molar-refractivity contribution >= 4 is 38.5 Å². The van der Waals surface area contributed by atoms with E-state index in [0.717, 1.165) is 39.5 Å². The number of sulfonamides is 1. The second kappa shape index (κ2) is 11.7. The monoisotopic (exact) mass is 567 g/mol. The maximum atomic E-state index is 12.9. The maximum Gasteiger partial charge on any atom is 0.295 e. The Bertz CT molecular complexity index is 1830. The molecular weight excluding hydrogens is 538 g/mol. The summed E-state index contributed by atoms with van der Waals surface area (Å²) in [5.74, 6) is 0. The molecule has 5 aromatic rings. The second-order valence-electron chi connectivity index (χ2n) is 9.21. The minimum absolute atomic E-state index is 0.0813. The predicted octanol–water partition coefficient (Wildman–Crippen LogP) is 6.68. The number of hydrogen-bond donors (Lipinski definition) is 1. The van der Waals surface area contributed by atoms with E-state index in [0.29, 0.717) is 0 Å². The summed E-state index contributed by atoms with van der Waals surface area (Å²) in [7, 11) is -3.86. The van der Waals surface area contributed by atoms with Crippen molar-refractivity contribution in [3.8, 4) is 16.9 Å². The van der Waals surface area contributed by atoms with Crippen molar-refractivity contribution in [2.24, 2.45) is 5.10 Å². The van der Waals surface area contributed by atoms with Gasteiger partial charge in [-0.15, -0.1) is 0 Å². The zero-order valence-electron chi connectivity index (χ0n) is 22.6. The molecule has 1 heterocycles. The van der Waals surface area contributed by atoms with E-state index in [4.69, 9.17) is 0 Å². The number of nitrogens with one attached hydrogen (secondary N) is 1. The van der Waals surface area contributed by atoms with Gasteiger partial charge in [0.25, 0.3) is 5.69 Å². The molecule has 0 aliphatic carbocycles. The quantitative estimate of drug-likeness (QED) is 0.115. The molecule has 0 saturated heterocycles. The minimum atomic E-state index is -3.86. The molecule has 0 aliphatic rings. The lowest BCUT2D eigenvalue weighted by Crippen LogP contribution is -2.30. The number of hydrogen-bond acceptors (Lipinski definition) is 6. The first-order chi connectivity index (χ1) is 19.9. The molecule has 1 aromatic heterocycles. The van der Waals surface area contributed by atoms with Gasteiger partial charge in [0.1, 0.15) is 5.69 Å². The summed E-state index contributed by atoms with van der Waals surface area (Å²) in [6.45, 7) is 3.96. The largest absolute Gasteiger partial charge is 0.309 e. The van der Waals surface area contributed by atoms with Crippen LogP contribution in [0.15, 0.2) is 113 Å². The van der Waals surface area contributed by atoms with Gasteiger partial charge in [-0.25, -0.2) is 8.42 Å². The summed E-state index contributed by atoms with van der Waals surface area (Å²) in [4.78, 5) is 11.2. The van der Waals surface area contributed by atoms with Gasteiger partial charge in [-0.1, -0.05) is 80.6 Å². The van der Waals surface area contributed by atoms with E-state index in [1.165, 1.54) is 16.4 Å². The highest BCUT2D eigenvalue weighted by molar-refractivity contribution is 7.89. The first kappa shape index (κ1) is 27.8. The van der Waals surface area contributed by atoms with Crippen molar-refractivity contribution in [1.82, 2.24) is 8.87 Å². The van der Waals surface area contributed by atoms with Crippen LogP contribution in [0.1, 0.15) is 19.4 Å². The normalized spacial score (nSPS) is 11.9. The summed E-state index contributed by atoms with van der Waals surface area (Å²) in [6.07, 6.45) is 1.65. The molecule has 0 unspecified atom stereocenters. The Hall–Kier alpha value is -4.80. The molecule has 0 bridgehead atoms. The number of rotatable bonds is 10. The number of benzene rings is 4. The summed E-state index contributed by atoms with van der Waals surface area (Å²) in [5, 5.41) is 17.3. The third-order valence-electron chi connectivity index (χ3n) is 6.86. The molecule has 4 aromatic carbocycles. The number of hydrazone groups is 1. The molecule has 0 fully saturated rings. The zero-order chi connectivity index (χ0) is 29.0. The number of nitro benzene ring substituents is 1. The van der Waals surface area contributed by atoms with Crippen LogP contribution in [0.5, 0.6) is 0 Å². The molecule has 5 rings (SSSR count). The van der Waals surface area contributed by atoms with E-state index in [2.05, 4.69) is 15.1 Å². The van der Waals surface area contributed by atoms with Crippen molar-refractivity contribution in [3.05, 3.63) is 119 Å². The molecule has 0 amide bonds. The minimum Gasteiger partial charge on any atom is -0.309 e. The van der Waals surface area contributed by atoms with E-state index < -0.39 is 14.9 Å². The second-order valence-corrected chi connectivity index (χ2v) is 11.1. The van der Waals surface area contributed by atoms with Crippen LogP contribution in [-0.2, 0) is 10.0 Å². The molecule has 0 atom stereocenters. The summed E-state index contributed by atoms with van der Waals surface area (Å²) < 4.78 is 29.3. The van der Waals surface area contributed by atoms with Gasteiger partial charge < -0.3 is 4.57 Å². The Balaban J connectivity index is 1.60. The SMILES string of the molecule is CCN(CC)S(=O)(=O)c1ccc(NN=Cc2c(-c3ccccc3)n(-c3ccccc3)c3ccccc23)c([N+](=O)[O-])c1. The number of fused-ring (bicyclic) bond motifs is 1. The fourth-order valence-electron chi connectivity index (χ4n) is 4.92. The Labute approximate surface area is 238 Å².